The van der Waals surface area contributed by atoms with E-state index < -0.39 is 27.7 Å². The van der Waals surface area contributed by atoms with E-state index in [1.165, 1.54) is 24.3 Å². The molecule has 1 atom stereocenters. The number of benzene rings is 2. The topological polar surface area (TPSA) is 72.2 Å². The van der Waals surface area contributed by atoms with Crippen LogP contribution >= 0.6 is 0 Å². The molecule has 0 bridgehead atoms. The number of anilines is 1. The standard InChI is InChI=1S/C14H14F2N2O2S/c1-9(13-6-5-10(15)7-14(13)16)18-11-3-2-4-12(8-11)21(17,19)20/h2-9,18H,1H3,(H2,17,19,20). The first kappa shape index (κ1) is 15.4. The monoisotopic (exact) mass is 312 g/mol. The summed E-state index contributed by atoms with van der Waals surface area (Å²) in [6.45, 7) is 1.68. The summed E-state index contributed by atoms with van der Waals surface area (Å²) in [6, 6.07) is 8.71. The van der Waals surface area contributed by atoms with Crippen LogP contribution in [0.25, 0.3) is 0 Å². The summed E-state index contributed by atoms with van der Waals surface area (Å²) in [5, 5.41) is 8.00. The van der Waals surface area contributed by atoms with E-state index in [9.17, 15) is 17.2 Å². The zero-order valence-corrected chi connectivity index (χ0v) is 12.0. The maximum absolute atomic E-state index is 13.7. The fourth-order valence-electron chi connectivity index (χ4n) is 1.94. The Morgan fingerprint density at radius 3 is 2.48 bits per heavy atom. The Bertz CT molecular complexity index is 763. The van der Waals surface area contributed by atoms with E-state index >= 15 is 0 Å². The number of hydrogen-bond acceptors (Lipinski definition) is 3. The summed E-state index contributed by atoms with van der Waals surface area (Å²) in [5.74, 6) is -1.32. The summed E-state index contributed by atoms with van der Waals surface area (Å²) in [4.78, 5) is -0.0423. The third-order valence-electron chi connectivity index (χ3n) is 2.97. The molecule has 0 aliphatic rings. The van der Waals surface area contributed by atoms with E-state index in [2.05, 4.69) is 5.32 Å². The Morgan fingerprint density at radius 2 is 1.86 bits per heavy atom. The molecule has 0 aromatic heterocycles. The van der Waals surface area contributed by atoms with Crippen LogP contribution < -0.4 is 10.5 Å². The van der Waals surface area contributed by atoms with Crippen molar-refractivity contribution < 1.29 is 17.2 Å². The predicted octanol–water partition coefficient (Wildman–Crippen LogP) is 2.79. The van der Waals surface area contributed by atoms with Gasteiger partial charge in [0.25, 0.3) is 0 Å². The Hall–Kier alpha value is -1.99. The lowest BCUT2D eigenvalue weighted by atomic mass is 10.1. The highest BCUT2D eigenvalue weighted by Gasteiger charge is 2.13. The smallest absolute Gasteiger partial charge is 0.238 e. The quantitative estimate of drug-likeness (QED) is 0.912. The maximum atomic E-state index is 13.7. The highest BCUT2D eigenvalue weighted by molar-refractivity contribution is 7.89. The Labute approximate surface area is 121 Å². The maximum Gasteiger partial charge on any atom is 0.238 e. The molecule has 0 aliphatic carbocycles. The first-order valence-corrected chi connectivity index (χ1v) is 7.66. The van der Waals surface area contributed by atoms with Gasteiger partial charge < -0.3 is 5.32 Å². The van der Waals surface area contributed by atoms with Crippen molar-refractivity contribution in [1.29, 1.82) is 0 Å². The van der Waals surface area contributed by atoms with Crippen LogP contribution in [0.3, 0.4) is 0 Å². The minimum atomic E-state index is -3.80. The molecule has 0 spiro atoms. The van der Waals surface area contributed by atoms with Crippen LogP contribution in [0.5, 0.6) is 0 Å². The van der Waals surface area contributed by atoms with Gasteiger partial charge >= 0.3 is 0 Å². The van der Waals surface area contributed by atoms with Crippen molar-refractivity contribution in [2.45, 2.75) is 17.9 Å². The molecule has 3 N–H and O–H groups in total. The Balaban J connectivity index is 2.25. The fraction of sp³-hybridized carbons (Fsp3) is 0.143. The van der Waals surface area contributed by atoms with E-state index in [0.717, 1.165) is 12.1 Å². The molecule has 2 aromatic carbocycles. The lowest BCUT2D eigenvalue weighted by Crippen LogP contribution is -2.13. The van der Waals surface area contributed by atoms with Crippen LogP contribution in [0, 0.1) is 11.6 Å². The van der Waals surface area contributed by atoms with Gasteiger partial charge in [0.15, 0.2) is 0 Å². The number of sulfonamides is 1. The summed E-state index contributed by atoms with van der Waals surface area (Å²) in [7, 11) is -3.80. The lowest BCUT2D eigenvalue weighted by molar-refractivity contribution is 0.566. The summed E-state index contributed by atoms with van der Waals surface area (Å²) in [6.07, 6.45) is 0. The summed E-state index contributed by atoms with van der Waals surface area (Å²) >= 11 is 0. The molecule has 0 radical (unpaired) electrons. The van der Waals surface area contributed by atoms with Crippen LogP contribution in [-0.2, 0) is 10.0 Å². The Kier molecular flexibility index (Phi) is 4.24. The SMILES string of the molecule is CC(Nc1cccc(S(N)(=O)=O)c1)c1ccc(F)cc1F. The van der Waals surface area contributed by atoms with E-state index in [4.69, 9.17) is 5.14 Å². The van der Waals surface area contributed by atoms with Crippen LogP contribution in [-0.4, -0.2) is 8.42 Å². The van der Waals surface area contributed by atoms with E-state index in [0.29, 0.717) is 5.69 Å². The van der Waals surface area contributed by atoms with Gasteiger partial charge in [-0.2, -0.15) is 0 Å². The molecule has 112 valence electrons. The van der Waals surface area contributed by atoms with Gasteiger partial charge in [0.1, 0.15) is 11.6 Å². The zero-order valence-electron chi connectivity index (χ0n) is 11.2. The van der Waals surface area contributed by atoms with Crippen molar-refractivity contribution >= 4 is 15.7 Å². The van der Waals surface area contributed by atoms with Gasteiger partial charge in [-0.25, -0.2) is 22.3 Å². The molecule has 0 heterocycles. The van der Waals surface area contributed by atoms with Gasteiger partial charge in [0.05, 0.1) is 10.9 Å². The van der Waals surface area contributed by atoms with Crippen molar-refractivity contribution in [2.75, 3.05) is 5.32 Å². The molecule has 4 nitrogen and oxygen atoms in total. The van der Waals surface area contributed by atoms with E-state index in [1.54, 1.807) is 13.0 Å². The van der Waals surface area contributed by atoms with Crippen molar-refractivity contribution in [3.05, 3.63) is 59.7 Å². The van der Waals surface area contributed by atoms with Crippen molar-refractivity contribution in [1.82, 2.24) is 0 Å². The van der Waals surface area contributed by atoms with Gasteiger partial charge in [-0.15, -0.1) is 0 Å². The molecule has 0 saturated heterocycles. The highest BCUT2D eigenvalue weighted by atomic mass is 32.2. The zero-order chi connectivity index (χ0) is 15.6. The highest BCUT2D eigenvalue weighted by Crippen LogP contribution is 2.23. The third-order valence-corrected chi connectivity index (χ3v) is 3.89. The minimum absolute atomic E-state index is 0.0423. The molecule has 0 aliphatic heterocycles. The fourth-order valence-corrected chi connectivity index (χ4v) is 2.50. The van der Waals surface area contributed by atoms with Crippen molar-refractivity contribution in [2.24, 2.45) is 5.14 Å². The second kappa shape index (κ2) is 5.79. The molecule has 1 unspecified atom stereocenters. The third kappa shape index (κ3) is 3.77. The normalized spacial score (nSPS) is 13.0. The molecule has 2 aromatic rings. The molecule has 7 heteroatoms. The molecule has 0 amide bonds. The van der Waals surface area contributed by atoms with Gasteiger partial charge in [-0.1, -0.05) is 12.1 Å². The van der Waals surface area contributed by atoms with Gasteiger partial charge in [-0.05, 0) is 31.2 Å². The second-order valence-corrected chi connectivity index (χ2v) is 6.17. The van der Waals surface area contributed by atoms with Gasteiger partial charge in [0.2, 0.25) is 10.0 Å². The average molecular weight is 312 g/mol. The van der Waals surface area contributed by atoms with Crippen LogP contribution in [0.15, 0.2) is 47.4 Å². The van der Waals surface area contributed by atoms with Gasteiger partial charge in [0, 0.05) is 17.3 Å². The van der Waals surface area contributed by atoms with Gasteiger partial charge in [-0.3, -0.25) is 0 Å². The number of rotatable bonds is 4. The molecular weight excluding hydrogens is 298 g/mol. The van der Waals surface area contributed by atoms with E-state index in [1.807, 2.05) is 0 Å². The number of primary sulfonamides is 1. The van der Waals surface area contributed by atoms with Crippen LogP contribution in [0.2, 0.25) is 0 Å². The predicted molar refractivity (Wildman–Crippen MR) is 76.2 cm³/mol. The number of hydrogen-bond donors (Lipinski definition) is 2. The van der Waals surface area contributed by atoms with E-state index in [-0.39, 0.29) is 10.5 Å². The van der Waals surface area contributed by atoms with Crippen LogP contribution in [0.1, 0.15) is 18.5 Å². The Morgan fingerprint density at radius 1 is 1.14 bits per heavy atom. The summed E-state index contributed by atoms with van der Waals surface area (Å²) in [5.41, 5.74) is 0.746. The summed E-state index contributed by atoms with van der Waals surface area (Å²) < 4.78 is 49.1. The van der Waals surface area contributed by atoms with Crippen molar-refractivity contribution in [3.63, 3.8) is 0 Å². The number of halogens is 2. The first-order chi connectivity index (χ1) is 9.77. The second-order valence-electron chi connectivity index (χ2n) is 4.60. The lowest BCUT2D eigenvalue weighted by Gasteiger charge is -2.17. The van der Waals surface area contributed by atoms with Crippen LogP contribution in [0.4, 0.5) is 14.5 Å². The molecular formula is C14H14F2N2O2S. The molecule has 0 saturated carbocycles. The molecule has 21 heavy (non-hydrogen) atoms. The first-order valence-electron chi connectivity index (χ1n) is 6.12. The number of nitrogens with two attached hydrogens (primary N) is 1. The average Bonchev–Trinajstić information content (AvgIpc) is 2.37. The molecule has 0 fully saturated rings. The molecule has 2 rings (SSSR count). The largest absolute Gasteiger partial charge is 0.378 e. The number of nitrogens with one attached hydrogen (secondary N) is 1. The van der Waals surface area contributed by atoms with Crippen molar-refractivity contribution in [3.8, 4) is 0 Å². The minimum Gasteiger partial charge on any atom is -0.378 e.